The quantitative estimate of drug-likeness (QED) is 0.812. The van der Waals surface area contributed by atoms with E-state index in [9.17, 15) is 14.4 Å². The Bertz CT molecular complexity index is 650. The Morgan fingerprint density at radius 1 is 1.16 bits per heavy atom. The largest absolute Gasteiger partial charge is 0.480 e. The molecule has 6 heteroatoms. The van der Waals surface area contributed by atoms with Crippen molar-refractivity contribution in [2.45, 2.75) is 26.0 Å². The lowest BCUT2D eigenvalue weighted by molar-refractivity contribution is -0.136. The lowest BCUT2D eigenvalue weighted by Crippen LogP contribution is -2.18. The minimum atomic E-state index is -1.20. The van der Waals surface area contributed by atoms with Gasteiger partial charge in [0.15, 0.2) is 16.8 Å². The number of aliphatic carboxylic acids is 1. The molecule has 1 aromatic heterocycles. The normalized spacial score (nSPS) is 16.6. The van der Waals surface area contributed by atoms with Gasteiger partial charge in [-0.05, 0) is 20.8 Å². The van der Waals surface area contributed by atoms with Gasteiger partial charge in [-0.3, -0.25) is 14.4 Å². The predicted molar refractivity (Wildman–Crippen MR) is 69.8 cm³/mol. The molecule has 1 aliphatic carbocycles. The zero-order valence-electron chi connectivity index (χ0n) is 10.6. The molecule has 0 saturated heterocycles. The number of carbonyl (C=O) groups excluding carboxylic acids is 2. The fourth-order valence-corrected chi connectivity index (χ4v) is 2.28. The summed E-state index contributed by atoms with van der Waals surface area (Å²) in [6.07, 6.45) is 0. The third-order valence-corrected chi connectivity index (χ3v) is 3.80. The highest BCUT2D eigenvalue weighted by Crippen LogP contribution is 2.36. The molecule has 1 N–H and O–H groups in total. The molecule has 1 heterocycles. The highest BCUT2D eigenvalue weighted by molar-refractivity contribution is 7.81. The van der Waals surface area contributed by atoms with Gasteiger partial charge < -0.3 is 9.52 Å². The third kappa shape index (κ3) is 1.83. The Labute approximate surface area is 114 Å². The van der Waals surface area contributed by atoms with E-state index in [1.807, 2.05) is 0 Å². The Kier molecular flexibility index (Phi) is 3.14. The molecule has 0 radical (unpaired) electrons. The van der Waals surface area contributed by atoms with Gasteiger partial charge in [0.25, 0.3) is 0 Å². The fourth-order valence-electron chi connectivity index (χ4n) is 2.04. The van der Waals surface area contributed by atoms with Crippen molar-refractivity contribution in [2.24, 2.45) is 0 Å². The van der Waals surface area contributed by atoms with Gasteiger partial charge in [0.05, 0.1) is 5.56 Å². The van der Waals surface area contributed by atoms with Crippen molar-refractivity contribution in [1.82, 2.24) is 0 Å². The van der Waals surface area contributed by atoms with Crippen LogP contribution in [-0.4, -0.2) is 22.6 Å². The average molecular weight is 280 g/mol. The maximum absolute atomic E-state index is 12.2. The van der Waals surface area contributed by atoms with Gasteiger partial charge in [-0.1, -0.05) is 0 Å². The van der Waals surface area contributed by atoms with Crippen LogP contribution in [-0.2, 0) is 4.79 Å². The minimum Gasteiger partial charge on any atom is -0.480 e. The molecule has 1 aromatic rings. The number of ketones is 2. The van der Waals surface area contributed by atoms with Crippen molar-refractivity contribution in [2.75, 3.05) is 0 Å². The molecule has 0 aliphatic heterocycles. The summed E-state index contributed by atoms with van der Waals surface area (Å²) in [6, 6.07) is 0. The molecule has 1 atom stereocenters. The zero-order chi connectivity index (χ0) is 14.5. The second kappa shape index (κ2) is 4.38. The van der Waals surface area contributed by atoms with Gasteiger partial charge in [-0.2, -0.15) is 12.6 Å². The first-order valence-electron chi connectivity index (χ1n) is 5.58. The molecule has 19 heavy (non-hydrogen) atoms. The number of thiol groups is 1. The van der Waals surface area contributed by atoms with Crippen LogP contribution < -0.4 is 0 Å². The molecular formula is C13H12O5S. The van der Waals surface area contributed by atoms with Crippen LogP contribution in [0.4, 0.5) is 0 Å². The first-order valence-corrected chi connectivity index (χ1v) is 6.10. The number of carbonyl (C=O) groups is 3. The Morgan fingerprint density at radius 3 is 2.21 bits per heavy atom. The van der Waals surface area contributed by atoms with Crippen LogP contribution in [0.3, 0.4) is 0 Å². The summed E-state index contributed by atoms with van der Waals surface area (Å²) >= 11 is 3.92. The number of hydrogen-bond acceptors (Lipinski definition) is 5. The molecule has 0 aromatic carbocycles. The molecule has 0 spiro atoms. The summed E-state index contributed by atoms with van der Waals surface area (Å²) in [4.78, 5) is 35.2. The van der Waals surface area contributed by atoms with E-state index in [2.05, 4.69) is 12.6 Å². The maximum Gasteiger partial charge on any atom is 0.324 e. The summed E-state index contributed by atoms with van der Waals surface area (Å²) in [5.74, 6) is -1.93. The standard InChI is InChI=1S/C13H12O5S/c1-4-5(2)9(15)11-7(8(4)14)6(3)10(18-11)12(19)13(16)17/h12,19H,1-3H3,(H,16,17). The minimum absolute atomic E-state index is 0.0324. The number of carboxylic acid groups (broad SMARTS) is 1. The van der Waals surface area contributed by atoms with Crippen LogP contribution in [0.15, 0.2) is 15.6 Å². The molecular weight excluding hydrogens is 268 g/mol. The topological polar surface area (TPSA) is 84.6 Å². The number of rotatable bonds is 2. The Hall–Kier alpha value is -1.82. The van der Waals surface area contributed by atoms with E-state index in [0.717, 1.165) is 0 Å². The van der Waals surface area contributed by atoms with Gasteiger partial charge in [0.2, 0.25) is 5.78 Å². The molecule has 5 nitrogen and oxygen atoms in total. The smallest absolute Gasteiger partial charge is 0.324 e. The van der Waals surface area contributed by atoms with E-state index in [1.165, 1.54) is 0 Å². The van der Waals surface area contributed by atoms with E-state index >= 15 is 0 Å². The second-order valence-electron chi connectivity index (χ2n) is 4.44. The van der Waals surface area contributed by atoms with Crippen molar-refractivity contribution in [3.8, 4) is 0 Å². The van der Waals surface area contributed by atoms with Crippen molar-refractivity contribution in [1.29, 1.82) is 0 Å². The van der Waals surface area contributed by atoms with E-state index in [-0.39, 0.29) is 28.7 Å². The monoisotopic (exact) mass is 280 g/mol. The van der Waals surface area contributed by atoms with Gasteiger partial charge in [0, 0.05) is 16.7 Å². The molecule has 1 aliphatic rings. The van der Waals surface area contributed by atoms with E-state index in [1.54, 1.807) is 20.8 Å². The summed E-state index contributed by atoms with van der Waals surface area (Å²) in [7, 11) is 0. The van der Waals surface area contributed by atoms with Crippen LogP contribution >= 0.6 is 12.6 Å². The van der Waals surface area contributed by atoms with Gasteiger partial charge in [-0.25, -0.2) is 0 Å². The summed E-state index contributed by atoms with van der Waals surface area (Å²) in [5, 5.41) is 7.74. The van der Waals surface area contributed by atoms with Crippen molar-refractivity contribution >= 4 is 30.2 Å². The number of Topliss-reactive ketones (excluding diaryl/α,β-unsaturated/α-hetero) is 2. The van der Waals surface area contributed by atoms with E-state index < -0.39 is 11.2 Å². The van der Waals surface area contributed by atoms with Gasteiger partial charge in [0.1, 0.15) is 5.76 Å². The number of hydrogen-bond donors (Lipinski definition) is 2. The van der Waals surface area contributed by atoms with Crippen LogP contribution in [0.25, 0.3) is 0 Å². The molecule has 0 bridgehead atoms. The molecule has 1 unspecified atom stereocenters. The van der Waals surface area contributed by atoms with Crippen LogP contribution in [0.1, 0.15) is 51.3 Å². The first kappa shape index (κ1) is 13.6. The average Bonchev–Trinajstić information content (AvgIpc) is 2.70. The molecule has 2 rings (SSSR count). The van der Waals surface area contributed by atoms with Crippen molar-refractivity contribution < 1.29 is 23.9 Å². The molecule has 100 valence electrons. The summed E-state index contributed by atoms with van der Waals surface area (Å²) in [5.41, 5.74) is 1.20. The van der Waals surface area contributed by atoms with Crippen LogP contribution in [0.5, 0.6) is 0 Å². The van der Waals surface area contributed by atoms with E-state index in [0.29, 0.717) is 16.7 Å². The van der Waals surface area contributed by atoms with Gasteiger partial charge >= 0.3 is 5.97 Å². The second-order valence-corrected chi connectivity index (χ2v) is 4.96. The lowest BCUT2D eigenvalue weighted by Gasteiger charge is -2.11. The number of fused-ring (bicyclic) bond motifs is 1. The summed E-state index contributed by atoms with van der Waals surface area (Å²) in [6.45, 7) is 4.67. The van der Waals surface area contributed by atoms with Crippen molar-refractivity contribution in [3.63, 3.8) is 0 Å². The van der Waals surface area contributed by atoms with Gasteiger partial charge in [-0.15, -0.1) is 0 Å². The fraction of sp³-hybridized carbons (Fsp3) is 0.308. The van der Waals surface area contributed by atoms with Crippen LogP contribution in [0, 0.1) is 6.92 Å². The number of carboxylic acids is 1. The Balaban J connectivity index is 2.68. The first-order chi connectivity index (χ1) is 8.77. The summed E-state index contributed by atoms with van der Waals surface area (Å²) < 4.78 is 5.30. The molecule has 0 fully saturated rings. The highest BCUT2D eigenvalue weighted by Gasteiger charge is 2.36. The van der Waals surface area contributed by atoms with E-state index in [4.69, 9.17) is 9.52 Å². The lowest BCUT2D eigenvalue weighted by atomic mass is 9.88. The molecule has 0 amide bonds. The Morgan fingerprint density at radius 2 is 1.68 bits per heavy atom. The third-order valence-electron chi connectivity index (χ3n) is 3.34. The molecule has 0 saturated carbocycles. The zero-order valence-corrected chi connectivity index (χ0v) is 11.5. The van der Waals surface area contributed by atoms with Crippen LogP contribution in [0.2, 0.25) is 0 Å². The maximum atomic E-state index is 12.2. The SMILES string of the molecule is CC1=C(C)C(=O)c2c(oc(C(S)C(=O)O)c2C)C1=O. The highest BCUT2D eigenvalue weighted by atomic mass is 32.1. The predicted octanol–water partition coefficient (Wildman–Crippen LogP) is 2.36. The number of furan rings is 1. The number of allylic oxidation sites excluding steroid dienone is 2. The van der Waals surface area contributed by atoms with Crippen molar-refractivity contribution in [3.05, 3.63) is 33.8 Å².